The van der Waals surface area contributed by atoms with Crippen molar-refractivity contribution in [1.29, 1.82) is 0 Å². The molecule has 1 aliphatic carbocycles. The molecule has 0 atom stereocenters. The number of nitro groups is 1. The number of nitro benzene ring substituents is 1. The number of amides is 2. The van der Waals surface area contributed by atoms with Crippen LogP contribution in [0, 0.1) is 15.0 Å². The molecular weight excluding hydrogens is 515 g/mol. The fourth-order valence-electron chi connectivity index (χ4n) is 3.76. The first-order valence-electron chi connectivity index (χ1n) is 11.1. The van der Waals surface area contributed by atoms with Crippen LogP contribution in [0.3, 0.4) is 0 Å². The fraction of sp³-hybridized carbons (Fsp3) is 0.391. The molecule has 13 heteroatoms. The lowest BCUT2D eigenvalue weighted by molar-refractivity contribution is -0.428. The third-order valence-electron chi connectivity index (χ3n) is 5.57. The maximum absolute atomic E-state index is 12.3. The Hall–Kier alpha value is -3.44. The highest BCUT2D eigenvalue weighted by Gasteiger charge is 2.24. The highest BCUT2D eigenvalue weighted by atomic mass is 35.5. The number of carbonyl (C=O) groups excluding carboxylic acids is 2. The number of nitrogens with one attached hydrogen (secondary N) is 2. The minimum atomic E-state index is -0.625. The van der Waals surface area contributed by atoms with Gasteiger partial charge < -0.3 is 20.1 Å². The van der Waals surface area contributed by atoms with Crippen LogP contribution in [0.2, 0.25) is 10.0 Å². The van der Waals surface area contributed by atoms with Crippen molar-refractivity contribution in [2.75, 3.05) is 20.3 Å². The molecule has 0 heterocycles. The topological polar surface area (TPSA) is 140 Å². The summed E-state index contributed by atoms with van der Waals surface area (Å²) in [4.78, 5) is 46.3. The number of halogens is 2. The van der Waals surface area contributed by atoms with Crippen molar-refractivity contribution in [2.45, 2.75) is 37.8 Å². The minimum Gasteiger partial charge on any atom is -0.484 e. The molecule has 2 N–H and O–H groups in total. The molecule has 11 nitrogen and oxygen atoms in total. The molecule has 1 aliphatic rings. The van der Waals surface area contributed by atoms with E-state index in [0.29, 0.717) is 36.2 Å². The smallest absolute Gasteiger partial charge is 0.291 e. The van der Waals surface area contributed by atoms with Gasteiger partial charge in [0.05, 0.1) is 17.1 Å². The second-order valence-electron chi connectivity index (χ2n) is 8.24. The maximum atomic E-state index is 12.3. The Morgan fingerprint density at radius 3 is 1.69 bits per heavy atom. The van der Waals surface area contributed by atoms with Crippen LogP contribution in [0.5, 0.6) is 11.5 Å². The molecule has 192 valence electrons. The van der Waals surface area contributed by atoms with Crippen LogP contribution in [-0.2, 0) is 9.59 Å². The van der Waals surface area contributed by atoms with Gasteiger partial charge in [-0.05, 0) is 49.9 Å². The molecule has 0 radical (unpaired) electrons. The van der Waals surface area contributed by atoms with Gasteiger partial charge in [0, 0.05) is 21.8 Å². The molecule has 0 aromatic heterocycles. The van der Waals surface area contributed by atoms with E-state index in [2.05, 4.69) is 10.6 Å². The van der Waals surface area contributed by atoms with E-state index >= 15 is 0 Å². The van der Waals surface area contributed by atoms with Crippen LogP contribution in [0.1, 0.15) is 25.7 Å². The van der Waals surface area contributed by atoms with E-state index in [1.54, 1.807) is 6.07 Å². The summed E-state index contributed by atoms with van der Waals surface area (Å²) in [7, 11) is 1.32. The average Bonchev–Trinajstić information content (AvgIpc) is 2.84. The Bertz CT molecular complexity index is 1060. The predicted molar refractivity (Wildman–Crippen MR) is 132 cm³/mol. The Balaban J connectivity index is 1.37. The monoisotopic (exact) mass is 539 g/mol. The molecule has 1 saturated carbocycles. The number of hydrogen-bond acceptors (Lipinski definition) is 7. The molecule has 0 bridgehead atoms. The minimum absolute atomic E-state index is 0.0154. The van der Waals surface area contributed by atoms with Crippen molar-refractivity contribution in [1.82, 2.24) is 10.6 Å². The van der Waals surface area contributed by atoms with Crippen molar-refractivity contribution in [3.8, 4) is 11.5 Å². The number of hydrogen-bond donors (Lipinski definition) is 2. The van der Waals surface area contributed by atoms with Crippen LogP contribution in [0.15, 0.2) is 36.4 Å². The van der Waals surface area contributed by atoms with Gasteiger partial charge in [-0.2, -0.15) is 0 Å². The number of rotatable bonds is 10. The van der Waals surface area contributed by atoms with Crippen LogP contribution < -0.4 is 20.1 Å². The average molecular weight is 540 g/mol. The Morgan fingerprint density at radius 2 is 1.28 bits per heavy atom. The zero-order valence-electron chi connectivity index (χ0n) is 19.4. The lowest BCUT2D eigenvalue weighted by Crippen LogP contribution is -2.45. The summed E-state index contributed by atoms with van der Waals surface area (Å²) in [5, 5.41) is 17.0. The molecule has 36 heavy (non-hydrogen) atoms. The zero-order chi connectivity index (χ0) is 26.2. The van der Waals surface area contributed by atoms with Gasteiger partial charge in [0.2, 0.25) is 0 Å². The van der Waals surface area contributed by atoms with Gasteiger partial charge in [-0.25, -0.2) is 0 Å². The lowest BCUT2D eigenvalue weighted by atomic mass is 9.91. The summed E-state index contributed by atoms with van der Waals surface area (Å²) in [6.07, 6.45) is 2.68. The quantitative estimate of drug-likeness (QED) is 0.264. The first-order valence-corrected chi connectivity index (χ1v) is 11.9. The second-order valence-corrected chi connectivity index (χ2v) is 9.06. The zero-order valence-corrected chi connectivity index (χ0v) is 20.9. The van der Waals surface area contributed by atoms with Gasteiger partial charge in [-0.3, -0.25) is 19.7 Å². The van der Waals surface area contributed by atoms with Gasteiger partial charge in [0.15, 0.2) is 20.3 Å². The summed E-state index contributed by atoms with van der Waals surface area (Å²) >= 11 is 11.7. The van der Waals surface area contributed by atoms with Crippen molar-refractivity contribution in [3.63, 3.8) is 0 Å². The van der Waals surface area contributed by atoms with E-state index in [1.165, 1.54) is 37.4 Å². The molecule has 1 fully saturated rings. The van der Waals surface area contributed by atoms with E-state index in [-0.39, 0.29) is 64.3 Å². The largest absolute Gasteiger partial charge is 0.484 e. The molecule has 2 aromatic carbocycles. The van der Waals surface area contributed by atoms with E-state index < -0.39 is 4.92 Å². The van der Waals surface area contributed by atoms with Gasteiger partial charge in [0.25, 0.3) is 23.2 Å². The normalized spacial score (nSPS) is 17.1. The first-order chi connectivity index (χ1) is 17.1. The predicted octanol–water partition coefficient (Wildman–Crippen LogP) is 3.94. The van der Waals surface area contributed by atoms with Gasteiger partial charge in [-0.15, -0.1) is 0 Å². The summed E-state index contributed by atoms with van der Waals surface area (Å²) < 4.78 is 11.4. The highest BCUT2D eigenvalue weighted by Crippen LogP contribution is 2.29. The summed E-state index contributed by atoms with van der Waals surface area (Å²) in [6.45, 7) is -0.498. The van der Waals surface area contributed by atoms with Crippen LogP contribution in [-0.4, -0.2) is 53.8 Å². The number of carbonyl (C=O) groups is 2. The van der Waals surface area contributed by atoms with Crippen LogP contribution in [0.25, 0.3) is 0 Å². The third-order valence-corrected chi connectivity index (χ3v) is 6.21. The van der Waals surface area contributed by atoms with Crippen molar-refractivity contribution < 1.29 is 28.7 Å². The standard InChI is InChI=1S/C23H24Cl2N4O7/c1-28(32)20-10-16(6-8-18(20)24)35-12-22(30)26-14-2-4-15(5-3-14)27-23(31)13-36-17-7-9-19(25)21(11-17)29(33)34/h6-11,14-15H,2-5,12-13H2,1H3,(H-,26,27,30,31)/p+1. The van der Waals surface area contributed by atoms with Crippen molar-refractivity contribution in [3.05, 3.63) is 61.5 Å². The number of nitrogens with zero attached hydrogens (tertiary/aromatic N) is 2. The molecular formula is C23H25Cl2N4O7+. The molecule has 3 rings (SSSR count). The Kier molecular flexibility index (Phi) is 9.43. The summed E-state index contributed by atoms with van der Waals surface area (Å²) in [5.41, 5.74) is -0.0526. The molecule has 0 aliphatic heterocycles. The Morgan fingerprint density at radius 1 is 0.861 bits per heavy atom. The van der Waals surface area contributed by atoms with Crippen molar-refractivity contribution >= 4 is 46.4 Å². The van der Waals surface area contributed by atoms with E-state index in [4.69, 9.17) is 32.7 Å². The van der Waals surface area contributed by atoms with Gasteiger partial charge >= 0.3 is 0 Å². The number of nitroso groups, excluding NO2 is 1. The summed E-state index contributed by atoms with van der Waals surface area (Å²) in [5.74, 6) is -0.113. The fourth-order valence-corrected chi connectivity index (χ4v) is 4.19. The molecule has 2 amide bonds. The highest BCUT2D eigenvalue weighted by molar-refractivity contribution is 6.33. The number of benzene rings is 2. The molecule has 0 spiro atoms. The van der Waals surface area contributed by atoms with Gasteiger partial charge in [0.1, 0.15) is 21.5 Å². The molecule has 0 saturated heterocycles. The van der Waals surface area contributed by atoms with Crippen LogP contribution >= 0.6 is 23.2 Å². The van der Waals surface area contributed by atoms with E-state index in [0.717, 1.165) is 0 Å². The summed E-state index contributed by atoms with van der Waals surface area (Å²) in [6, 6.07) is 8.41. The van der Waals surface area contributed by atoms with Crippen molar-refractivity contribution in [2.24, 2.45) is 0 Å². The van der Waals surface area contributed by atoms with E-state index in [9.17, 15) is 24.6 Å². The Labute approximate surface area is 216 Å². The second kappa shape index (κ2) is 12.5. The molecule has 0 unspecified atom stereocenters. The third kappa shape index (κ3) is 7.79. The number of ether oxygens (including phenoxy) is 2. The molecule has 2 aromatic rings. The first kappa shape index (κ1) is 27.2. The van der Waals surface area contributed by atoms with Crippen LogP contribution in [0.4, 0.5) is 11.4 Å². The van der Waals surface area contributed by atoms with E-state index in [1.807, 2.05) is 0 Å². The maximum Gasteiger partial charge on any atom is 0.291 e. The lowest BCUT2D eigenvalue weighted by Gasteiger charge is -2.29. The van der Waals surface area contributed by atoms with Gasteiger partial charge in [-0.1, -0.05) is 23.2 Å². The SMILES string of the molecule is C[N+](=O)c1cc(OCC(=O)NC2CCC(NC(=O)COc3ccc(Cl)c([N+](=O)[O-])c3)CC2)ccc1Cl.